The third-order valence-electron chi connectivity index (χ3n) is 3.45. The molecule has 21 heavy (non-hydrogen) atoms. The summed E-state index contributed by atoms with van der Waals surface area (Å²) in [6.07, 6.45) is -2.91. The van der Waals surface area contributed by atoms with Crippen LogP contribution in [0, 0.1) is 6.92 Å². The SMILES string of the molecule is Cc1cnc2c(C(F)(F)F)cccc2c1-c1ccccc1. The van der Waals surface area contributed by atoms with Crippen molar-refractivity contribution in [3.63, 3.8) is 0 Å². The molecule has 2 aromatic carbocycles. The summed E-state index contributed by atoms with van der Waals surface area (Å²) in [4.78, 5) is 4.01. The van der Waals surface area contributed by atoms with Crippen LogP contribution in [0.1, 0.15) is 11.1 Å². The molecule has 0 fully saturated rings. The Hall–Kier alpha value is -2.36. The quantitative estimate of drug-likeness (QED) is 0.597. The average Bonchev–Trinajstić information content (AvgIpc) is 2.46. The highest BCUT2D eigenvalue weighted by molar-refractivity contribution is 5.97. The molecule has 0 amide bonds. The fourth-order valence-corrected chi connectivity index (χ4v) is 2.54. The lowest BCUT2D eigenvalue weighted by Gasteiger charge is -2.14. The van der Waals surface area contributed by atoms with Crippen molar-refractivity contribution >= 4 is 10.9 Å². The summed E-state index contributed by atoms with van der Waals surface area (Å²) in [6.45, 7) is 1.86. The van der Waals surface area contributed by atoms with E-state index in [-0.39, 0.29) is 5.52 Å². The number of nitrogens with zero attached hydrogens (tertiary/aromatic N) is 1. The van der Waals surface area contributed by atoms with E-state index in [0.29, 0.717) is 5.39 Å². The average molecular weight is 287 g/mol. The van der Waals surface area contributed by atoms with Crippen LogP contribution in [0.2, 0.25) is 0 Å². The molecule has 0 unspecified atom stereocenters. The summed E-state index contributed by atoms with van der Waals surface area (Å²) in [7, 11) is 0. The third-order valence-corrected chi connectivity index (χ3v) is 3.45. The molecular formula is C17H12F3N. The van der Waals surface area contributed by atoms with E-state index < -0.39 is 11.7 Å². The molecular weight excluding hydrogens is 275 g/mol. The van der Waals surface area contributed by atoms with Crippen molar-refractivity contribution in [2.75, 3.05) is 0 Å². The van der Waals surface area contributed by atoms with Crippen molar-refractivity contribution in [3.05, 3.63) is 65.9 Å². The van der Waals surface area contributed by atoms with Gasteiger partial charge in [-0.3, -0.25) is 4.98 Å². The summed E-state index contributed by atoms with van der Waals surface area (Å²) in [5, 5.41) is 0.524. The predicted octanol–water partition coefficient (Wildman–Crippen LogP) is 5.23. The monoisotopic (exact) mass is 287 g/mol. The third kappa shape index (κ3) is 2.37. The fourth-order valence-electron chi connectivity index (χ4n) is 2.54. The molecule has 4 heteroatoms. The number of pyridine rings is 1. The molecule has 0 saturated heterocycles. The van der Waals surface area contributed by atoms with Crippen LogP contribution < -0.4 is 0 Å². The Morgan fingerprint density at radius 2 is 1.62 bits per heavy atom. The molecule has 0 radical (unpaired) electrons. The molecule has 0 aliphatic heterocycles. The van der Waals surface area contributed by atoms with E-state index in [1.54, 1.807) is 6.07 Å². The van der Waals surface area contributed by atoms with E-state index in [1.165, 1.54) is 12.3 Å². The molecule has 1 aromatic heterocycles. The second kappa shape index (κ2) is 4.88. The first-order chi connectivity index (χ1) is 9.98. The number of alkyl halides is 3. The predicted molar refractivity (Wildman–Crippen MR) is 76.9 cm³/mol. The number of hydrogen-bond acceptors (Lipinski definition) is 1. The van der Waals surface area contributed by atoms with Gasteiger partial charge < -0.3 is 0 Å². The number of hydrogen-bond donors (Lipinski definition) is 0. The topological polar surface area (TPSA) is 12.9 Å². The molecule has 1 heterocycles. The van der Waals surface area contributed by atoms with Crippen molar-refractivity contribution in [1.29, 1.82) is 0 Å². The van der Waals surface area contributed by atoms with Crippen LogP contribution in [0.15, 0.2) is 54.7 Å². The van der Waals surface area contributed by atoms with Crippen molar-refractivity contribution in [2.24, 2.45) is 0 Å². The first-order valence-corrected chi connectivity index (χ1v) is 6.49. The summed E-state index contributed by atoms with van der Waals surface area (Å²) in [5.41, 5.74) is 1.84. The molecule has 0 atom stereocenters. The Morgan fingerprint density at radius 1 is 0.905 bits per heavy atom. The molecule has 3 aromatic rings. The second-order valence-corrected chi connectivity index (χ2v) is 4.88. The Labute approximate surface area is 120 Å². The maximum atomic E-state index is 13.1. The highest BCUT2D eigenvalue weighted by atomic mass is 19.4. The molecule has 0 N–H and O–H groups in total. The van der Waals surface area contributed by atoms with E-state index >= 15 is 0 Å². The smallest absolute Gasteiger partial charge is 0.255 e. The largest absolute Gasteiger partial charge is 0.418 e. The number of aryl methyl sites for hydroxylation is 1. The van der Waals surface area contributed by atoms with Gasteiger partial charge in [0.15, 0.2) is 0 Å². The maximum absolute atomic E-state index is 13.1. The molecule has 0 saturated carbocycles. The number of fused-ring (bicyclic) bond motifs is 1. The van der Waals surface area contributed by atoms with Gasteiger partial charge in [0, 0.05) is 11.6 Å². The van der Waals surface area contributed by atoms with Gasteiger partial charge in [-0.25, -0.2) is 0 Å². The number of aromatic nitrogens is 1. The van der Waals surface area contributed by atoms with Crippen LogP contribution >= 0.6 is 0 Å². The van der Waals surface area contributed by atoms with E-state index in [2.05, 4.69) is 4.98 Å². The zero-order valence-electron chi connectivity index (χ0n) is 11.3. The highest BCUT2D eigenvalue weighted by Gasteiger charge is 2.33. The lowest BCUT2D eigenvalue weighted by molar-refractivity contribution is -0.136. The zero-order valence-corrected chi connectivity index (χ0v) is 11.3. The van der Waals surface area contributed by atoms with Gasteiger partial charge in [0.05, 0.1) is 11.1 Å². The van der Waals surface area contributed by atoms with Gasteiger partial charge in [-0.15, -0.1) is 0 Å². The molecule has 1 nitrogen and oxygen atoms in total. The van der Waals surface area contributed by atoms with Crippen molar-refractivity contribution in [2.45, 2.75) is 13.1 Å². The normalized spacial score (nSPS) is 11.8. The Bertz CT molecular complexity index is 792. The molecule has 3 rings (SSSR count). The number of para-hydroxylation sites is 1. The van der Waals surface area contributed by atoms with Crippen molar-refractivity contribution < 1.29 is 13.2 Å². The van der Waals surface area contributed by atoms with Gasteiger partial charge in [0.1, 0.15) is 0 Å². The lowest BCUT2D eigenvalue weighted by Crippen LogP contribution is -2.07. The van der Waals surface area contributed by atoms with Gasteiger partial charge in [-0.2, -0.15) is 13.2 Å². The first kappa shape index (κ1) is 13.6. The van der Waals surface area contributed by atoms with Gasteiger partial charge >= 0.3 is 6.18 Å². The molecule has 0 bridgehead atoms. The number of halogens is 3. The van der Waals surface area contributed by atoms with E-state index in [9.17, 15) is 13.2 Å². The summed E-state index contributed by atoms with van der Waals surface area (Å²) in [6, 6.07) is 13.6. The van der Waals surface area contributed by atoms with E-state index in [4.69, 9.17) is 0 Å². The summed E-state index contributed by atoms with van der Waals surface area (Å²) < 4.78 is 39.3. The maximum Gasteiger partial charge on any atom is 0.418 e. The fraction of sp³-hybridized carbons (Fsp3) is 0.118. The van der Waals surface area contributed by atoms with Crippen molar-refractivity contribution in [1.82, 2.24) is 4.98 Å². The standard InChI is InChI=1S/C17H12F3N/c1-11-10-21-16-13(8-5-9-14(16)17(18,19)20)15(11)12-6-3-2-4-7-12/h2-10H,1H3. The molecule has 0 aliphatic carbocycles. The van der Waals surface area contributed by atoms with E-state index in [1.807, 2.05) is 37.3 Å². The minimum absolute atomic E-state index is 0.00514. The van der Waals surface area contributed by atoms with Crippen LogP contribution in [0.5, 0.6) is 0 Å². The first-order valence-electron chi connectivity index (χ1n) is 6.49. The molecule has 0 spiro atoms. The van der Waals surface area contributed by atoms with E-state index in [0.717, 1.165) is 22.8 Å². The van der Waals surface area contributed by atoms with Crippen LogP contribution in [-0.4, -0.2) is 4.98 Å². The van der Waals surface area contributed by atoms with Crippen LogP contribution in [0.3, 0.4) is 0 Å². The molecule has 106 valence electrons. The highest BCUT2D eigenvalue weighted by Crippen LogP contribution is 2.37. The minimum Gasteiger partial charge on any atom is -0.255 e. The van der Waals surface area contributed by atoms with Gasteiger partial charge in [0.25, 0.3) is 0 Å². The number of benzene rings is 2. The minimum atomic E-state index is -4.41. The lowest BCUT2D eigenvalue weighted by atomic mass is 9.95. The Kier molecular flexibility index (Phi) is 3.16. The number of rotatable bonds is 1. The molecule has 0 aliphatic rings. The summed E-state index contributed by atoms with van der Waals surface area (Å²) in [5.74, 6) is 0. The van der Waals surface area contributed by atoms with Crippen molar-refractivity contribution in [3.8, 4) is 11.1 Å². The Morgan fingerprint density at radius 3 is 2.29 bits per heavy atom. The van der Waals surface area contributed by atoms with Crippen LogP contribution in [0.25, 0.3) is 22.0 Å². The van der Waals surface area contributed by atoms with Crippen LogP contribution in [-0.2, 0) is 6.18 Å². The zero-order chi connectivity index (χ0) is 15.0. The van der Waals surface area contributed by atoms with Gasteiger partial charge in [-0.05, 0) is 29.7 Å². The second-order valence-electron chi connectivity index (χ2n) is 4.88. The van der Waals surface area contributed by atoms with Gasteiger partial charge in [-0.1, -0.05) is 42.5 Å². The Balaban J connectivity index is 2.39. The van der Waals surface area contributed by atoms with Gasteiger partial charge in [0.2, 0.25) is 0 Å². The van der Waals surface area contributed by atoms with Crippen LogP contribution in [0.4, 0.5) is 13.2 Å². The summed E-state index contributed by atoms with van der Waals surface area (Å²) >= 11 is 0.